The Balaban J connectivity index is 0.000000233. The Morgan fingerprint density at radius 3 is 0.944 bits per heavy atom. The van der Waals surface area contributed by atoms with Gasteiger partial charge in [-0.25, -0.2) is 0 Å². The minimum absolute atomic E-state index is 0.282. The first-order valence-corrected chi connectivity index (χ1v) is 13.6. The Labute approximate surface area is 230 Å². The Morgan fingerprint density at radius 1 is 0.417 bits per heavy atom. The molecule has 0 aromatic heterocycles. The molecule has 0 heterocycles. The molecule has 0 aliphatic carbocycles. The molecule has 0 unspecified atom stereocenters. The first kappa shape index (κ1) is 26.0. The Morgan fingerprint density at radius 2 is 0.694 bits per heavy atom. The molecule has 2 heteroatoms. The molecule has 36 heavy (non-hydrogen) atoms. The van der Waals surface area contributed by atoms with Crippen molar-refractivity contribution in [2.45, 2.75) is 26.2 Å². The third kappa shape index (κ3) is 5.82. The molecule has 0 aliphatic heterocycles. The number of halogens is 1. The molecule has 5 rings (SSSR count). The lowest BCUT2D eigenvalue weighted by Crippen LogP contribution is -2.74. The summed E-state index contributed by atoms with van der Waals surface area (Å²) in [5, 5.41) is 0. The van der Waals surface area contributed by atoms with Gasteiger partial charge in [-0.1, -0.05) is 154 Å². The summed E-state index contributed by atoms with van der Waals surface area (Å²) in [4.78, 5) is 0. The minimum atomic E-state index is -1.22. The van der Waals surface area contributed by atoms with E-state index < -0.39 is 6.15 Å². The van der Waals surface area contributed by atoms with E-state index in [1.165, 1.54) is 31.0 Å². The van der Waals surface area contributed by atoms with Gasteiger partial charge < -0.3 is 0 Å². The molecule has 180 valence electrons. The van der Waals surface area contributed by atoms with Crippen molar-refractivity contribution in [3.8, 4) is 0 Å². The first-order valence-electron chi connectivity index (χ1n) is 12.6. The average molecular weight is 579 g/mol. The first-order chi connectivity index (χ1) is 17.4. The van der Waals surface area contributed by atoms with Crippen LogP contribution in [0.1, 0.15) is 26.3 Å². The fourth-order valence-electron chi connectivity index (χ4n) is 5.07. The van der Waals surface area contributed by atoms with Gasteiger partial charge >= 0.3 is 0 Å². The number of benzene rings is 5. The lowest BCUT2D eigenvalue weighted by atomic mass is 9.13. The molecule has 0 N–H and O–H groups in total. The summed E-state index contributed by atoms with van der Waals surface area (Å²) in [7, 11) is 0. The number of hydrogen-bond donors (Lipinski definition) is 0. The molecule has 0 nitrogen and oxygen atoms in total. The summed E-state index contributed by atoms with van der Waals surface area (Å²) in [6.07, 6.45) is -1.22. The third-order valence-electron chi connectivity index (χ3n) is 6.91. The van der Waals surface area contributed by atoms with Crippen LogP contribution in [0.15, 0.2) is 146 Å². The summed E-state index contributed by atoms with van der Waals surface area (Å²) in [5.74, 6) is 0. The van der Waals surface area contributed by atoms with E-state index in [0.29, 0.717) is 0 Å². The summed E-state index contributed by atoms with van der Waals surface area (Å²) in [6.45, 7) is 6.69. The molecular weight excluding hydrogens is 546 g/mol. The van der Waals surface area contributed by atoms with Crippen molar-refractivity contribution >= 4 is 50.6 Å². The second kappa shape index (κ2) is 11.8. The smallest absolute Gasteiger partial charge is 0.108 e. The molecule has 0 atom stereocenters. The molecular formula is C34H33BI-. The van der Waals surface area contributed by atoms with Gasteiger partial charge in [-0.3, -0.25) is 0 Å². The van der Waals surface area contributed by atoms with E-state index in [4.69, 9.17) is 0 Å². The van der Waals surface area contributed by atoms with E-state index in [-0.39, 0.29) is 5.41 Å². The highest BCUT2D eigenvalue weighted by molar-refractivity contribution is 14.1. The van der Waals surface area contributed by atoms with Crippen LogP contribution in [0.5, 0.6) is 0 Å². The summed E-state index contributed by atoms with van der Waals surface area (Å²) < 4.78 is 1.30. The fourth-order valence-corrected chi connectivity index (χ4v) is 5.43. The van der Waals surface area contributed by atoms with E-state index in [0.717, 1.165) is 0 Å². The van der Waals surface area contributed by atoms with Gasteiger partial charge in [0.05, 0.1) is 0 Å². The lowest BCUT2D eigenvalue weighted by Gasteiger charge is -2.44. The molecule has 0 saturated heterocycles. The van der Waals surface area contributed by atoms with Crippen LogP contribution in [0, 0.1) is 3.57 Å². The maximum absolute atomic E-state index is 2.32. The van der Waals surface area contributed by atoms with Crippen LogP contribution in [-0.4, -0.2) is 6.15 Å². The maximum Gasteiger partial charge on any atom is 0.108 e. The van der Waals surface area contributed by atoms with Crippen LogP contribution in [-0.2, 0) is 5.41 Å². The zero-order chi connectivity index (χ0) is 25.4. The molecule has 5 aromatic carbocycles. The molecule has 0 spiro atoms. The highest BCUT2D eigenvalue weighted by Crippen LogP contribution is 2.22. The third-order valence-corrected chi connectivity index (χ3v) is 7.63. The molecule has 0 fully saturated rings. The predicted molar refractivity (Wildman–Crippen MR) is 168 cm³/mol. The molecule has 0 bridgehead atoms. The van der Waals surface area contributed by atoms with E-state index in [2.05, 4.69) is 189 Å². The van der Waals surface area contributed by atoms with Crippen LogP contribution in [0.2, 0.25) is 0 Å². The standard InChI is InChI=1S/C24H20B.C10H13I/c1-5-13-21(14-6-1)25(22-15-7-2-8-16-22,23-17-9-3-10-18-23)24-19-11-4-12-20-24;1-10(2,3)8-4-6-9(11)7-5-8/h1-20H;4-7H,1-3H3/q-1;. The van der Waals surface area contributed by atoms with E-state index >= 15 is 0 Å². The van der Waals surface area contributed by atoms with Crippen LogP contribution in [0.3, 0.4) is 0 Å². The Hall–Kier alpha value is -3.11. The highest BCUT2D eigenvalue weighted by atomic mass is 127. The number of rotatable bonds is 4. The molecule has 0 saturated carbocycles. The van der Waals surface area contributed by atoms with Crippen molar-refractivity contribution in [2.75, 3.05) is 0 Å². The minimum Gasteiger partial charge on any atom is -0.195 e. The zero-order valence-corrected chi connectivity index (χ0v) is 23.5. The van der Waals surface area contributed by atoms with Gasteiger partial charge in [0.2, 0.25) is 0 Å². The van der Waals surface area contributed by atoms with Crippen LogP contribution >= 0.6 is 22.6 Å². The van der Waals surface area contributed by atoms with E-state index in [9.17, 15) is 0 Å². The van der Waals surface area contributed by atoms with Crippen LogP contribution in [0.25, 0.3) is 0 Å². The van der Waals surface area contributed by atoms with Gasteiger partial charge in [0.25, 0.3) is 0 Å². The Bertz CT molecular complexity index is 1160. The average Bonchev–Trinajstić information content (AvgIpc) is 2.92. The zero-order valence-electron chi connectivity index (χ0n) is 21.3. The van der Waals surface area contributed by atoms with E-state index in [1.54, 1.807) is 0 Å². The predicted octanol–water partition coefficient (Wildman–Crippen LogP) is 6.65. The molecule has 0 radical (unpaired) electrons. The quantitative estimate of drug-likeness (QED) is 0.165. The SMILES string of the molecule is CC(C)(C)c1ccc(I)cc1.c1ccc([B-](c2ccccc2)(c2ccccc2)c2ccccc2)cc1. The summed E-state index contributed by atoms with van der Waals surface area (Å²) >= 11 is 2.32. The van der Waals surface area contributed by atoms with Gasteiger partial charge in [0.1, 0.15) is 6.15 Å². The van der Waals surface area contributed by atoms with Crippen LogP contribution < -0.4 is 21.9 Å². The van der Waals surface area contributed by atoms with Gasteiger partial charge in [-0.2, -0.15) is 21.9 Å². The largest absolute Gasteiger partial charge is 0.195 e. The monoisotopic (exact) mass is 579 g/mol. The fraction of sp³-hybridized carbons (Fsp3) is 0.118. The van der Waals surface area contributed by atoms with Crippen LogP contribution in [0.4, 0.5) is 0 Å². The van der Waals surface area contributed by atoms with Gasteiger partial charge in [0.15, 0.2) is 0 Å². The topological polar surface area (TPSA) is 0 Å². The van der Waals surface area contributed by atoms with Crippen molar-refractivity contribution in [2.24, 2.45) is 0 Å². The Kier molecular flexibility index (Phi) is 8.48. The van der Waals surface area contributed by atoms with Crippen molar-refractivity contribution < 1.29 is 0 Å². The highest BCUT2D eigenvalue weighted by Gasteiger charge is 2.31. The molecule has 5 aromatic rings. The van der Waals surface area contributed by atoms with Crippen molar-refractivity contribution in [3.05, 3.63) is 155 Å². The number of hydrogen-bond acceptors (Lipinski definition) is 0. The molecule has 0 aliphatic rings. The second-order valence-electron chi connectivity index (χ2n) is 10.3. The van der Waals surface area contributed by atoms with Crippen molar-refractivity contribution in [1.29, 1.82) is 0 Å². The lowest BCUT2D eigenvalue weighted by molar-refractivity contribution is 0.590. The molecule has 0 amide bonds. The van der Waals surface area contributed by atoms with Crippen molar-refractivity contribution in [1.82, 2.24) is 0 Å². The second-order valence-corrected chi connectivity index (χ2v) is 11.5. The normalized spacial score (nSPS) is 11.3. The van der Waals surface area contributed by atoms with E-state index in [1.807, 2.05) is 0 Å². The van der Waals surface area contributed by atoms with Gasteiger partial charge in [-0.05, 0) is 45.7 Å². The summed E-state index contributed by atoms with van der Waals surface area (Å²) in [6, 6.07) is 52.2. The van der Waals surface area contributed by atoms with Gasteiger partial charge in [0, 0.05) is 3.57 Å². The van der Waals surface area contributed by atoms with Gasteiger partial charge in [-0.15, -0.1) is 0 Å². The summed E-state index contributed by atoms with van der Waals surface area (Å²) in [5.41, 5.74) is 7.04. The van der Waals surface area contributed by atoms with Crippen molar-refractivity contribution in [3.63, 3.8) is 0 Å². The maximum atomic E-state index is 2.32.